The van der Waals surface area contributed by atoms with Gasteiger partial charge in [-0.1, -0.05) is 31.5 Å². The van der Waals surface area contributed by atoms with Crippen molar-refractivity contribution in [1.82, 2.24) is 9.78 Å². The zero-order valence-corrected chi connectivity index (χ0v) is 11.6. The highest BCUT2D eigenvalue weighted by molar-refractivity contribution is 5.50. The third-order valence-corrected chi connectivity index (χ3v) is 3.15. The number of aromatic nitrogens is 2. The lowest BCUT2D eigenvalue weighted by Gasteiger charge is -2.04. The molecule has 1 aromatic carbocycles. The van der Waals surface area contributed by atoms with Crippen LogP contribution in [0, 0.1) is 0 Å². The van der Waals surface area contributed by atoms with Crippen LogP contribution < -0.4 is 5.73 Å². The normalized spacial score (nSPS) is 10.8. The number of hydrogen-bond acceptors (Lipinski definition) is 3. The standard InChI is InChI=1S/C15H21N3O/c1-3-7-13-14(10-11-19-2)17-18(15(13)16)12-8-5-4-6-9-12/h4-6,8-9H,3,7,10-11,16H2,1-2H3. The number of nitrogens with two attached hydrogens (primary N) is 1. The molecule has 0 aliphatic carbocycles. The molecular formula is C15H21N3O. The van der Waals surface area contributed by atoms with Gasteiger partial charge in [0.25, 0.3) is 0 Å². The second kappa shape index (κ2) is 6.38. The topological polar surface area (TPSA) is 53.1 Å². The summed E-state index contributed by atoms with van der Waals surface area (Å²) >= 11 is 0. The van der Waals surface area contributed by atoms with Crippen LogP contribution in [0.25, 0.3) is 5.69 Å². The van der Waals surface area contributed by atoms with Crippen molar-refractivity contribution in [2.75, 3.05) is 19.5 Å². The molecule has 2 aromatic rings. The van der Waals surface area contributed by atoms with E-state index in [1.165, 1.54) is 0 Å². The molecule has 2 rings (SSSR count). The summed E-state index contributed by atoms with van der Waals surface area (Å²) in [5, 5.41) is 4.65. The molecular weight excluding hydrogens is 238 g/mol. The maximum atomic E-state index is 6.25. The van der Waals surface area contributed by atoms with E-state index in [2.05, 4.69) is 12.0 Å². The van der Waals surface area contributed by atoms with E-state index in [9.17, 15) is 0 Å². The molecule has 0 bridgehead atoms. The van der Waals surface area contributed by atoms with Crippen molar-refractivity contribution in [2.45, 2.75) is 26.2 Å². The van der Waals surface area contributed by atoms with Crippen LogP contribution in [-0.4, -0.2) is 23.5 Å². The van der Waals surface area contributed by atoms with Crippen LogP contribution >= 0.6 is 0 Å². The van der Waals surface area contributed by atoms with Crippen LogP contribution in [-0.2, 0) is 17.6 Å². The quantitative estimate of drug-likeness (QED) is 0.867. The van der Waals surface area contributed by atoms with Gasteiger partial charge in [0.05, 0.1) is 18.0 Å². The third kappa shape index (κ3) is 2.96. The van der Waals surface area contributed by atoms with E-state index >= 15 is 0 Å². The van der Waals surface area contributed by atoms with Gasteiger partial charge in [0.1, 0.15) is 5.82 Å². The molecule has 1 aromatic heterocycles. The van der Waals surface area contributed by atoms with Gasteiger partial charge in [0.15, 0.2) is 0 Å². The Labute approximate surface area is 114 Å². The first-order chi connectivity index (χ1) is 9.27. The molecule has 0 aliphatic heterocycles. The summed E-state index contributed by atoms with van der Waals surface area (Å²) in [6, 6.07) is 10.00. The molecule has 19 heavy (non-hydrogen) atoms. The highest BCUT2D eigenvalue weighted by Crippen LogP contribution is 2.23. The van der Waals surface area contributed by atoms with Crippen molar-refractivity contribution in [2.24, 2.45) is 0 Å². The second-order valence-corrected chi connectivity index (χ2v) is 4.55. The molecule has 0 spiro atoms. The highest BCUT2D eigenvalue weighted by atomic mass is 16.5. The van der Waals surface area contributed by atoms with E-state index in [1.54, 1.807) is 7.11 Å². The number of nitrogen functional groups attached to an aromatic ring is 1. The van der Waals surface area contributed by atoms with Gasteiger partial charge in [-0.05, 0) is 18.6 Å². The first kappa shape index (κ1) is 13.6. The lowest BCUT2D eigenvalue weighted by molar-refractivity contribution is 0.201. The molecule has 0 saturated heterocycles. The van der Waals surface area contributed by atoms with E-state index in [-0.39, 0.29) is 0 Å². The van der Waals surface area contributed by atoms with Gasteiger partial charge in [0.2, 0.25) is 0 Å². The van der Waals surface area contributed by atoms with Crippen LogP contribution in [0.15, 0.2) is 30.3 Å². The molecule has 1 heterocycles. The Bertz CT molecular complexity index is 520. The van der Waals surface area contributed by atoms with Gasteiger partial charge >= 0.3 is 0 Å². The first-order valence-electron chi connectivity index (χ1n) is 6.68. The van der Waals surface area contributed by atoms with E-state index in [0.717, 1.165) is 42.0 Å². The van der Waals surface area contributed by atoms with Crippen LogP contribution in [0.4, 0.5) is 5.82 Å². The zero-order valence-electron chi connectivity index (χ0n) is 11.6. The largest absolute Gasteiger partial charge is 0.384 e. The number of rotatable bonds is 6. The van der Waals surface area contributed by atoms with E-state index in [0.29, 0.717) is 6.61 Å². The maximum absolute atomic E-state index is 6.25. The summed E-state index contributed by atoms with van der Waals surface area (Å²) < 4.78 is 6.97. The Morgan fingerprint density at radius 3 is 2.58 bits per heavy atom. The fraction of sp³-hybridized carbons (Fsp3) is 0.400. The van der Waals surface area contributed by atoms with Crippen LogP contribution in [0.2, 0.25) is 0 Å². The monoisotopic (exact) mass is 259 g/mol. The van der Waals surface area contributed by atoms with Crippen molar-refractivity contribution in [3.05, 3.63) is 41.6 Å². The maximum Gasteiger partial charge on any atom is 0.130 e. The molecule has 0 unspecified atom stereocenters. The average Bonchev–Trinajstić information content (AvgIpc) is 2.75. The van der Waals surface area contributed by atoms with Gasteiger partial charge in [-0.3, -0.25) is 0 Å². The Morgan fingerprint density at radius 2 is 1.95 bits per heavy atom. The number of ether oxygens (including phenoxy) is 1. The Morgan fingerprint density at radius 1 is 1.21 bits per heavy atom. The summed E-state index contributed by atoms with van der Waals surface area (Å²) in [7, 11) is 1.71. The Balaban J connectivity index is 2.39. The van der Waals surface area contributed by atoms with Crippen LogP contribution in [0.5, 0.6) is 0 Å². The smallest absolute Gasteiger partial charge is 0.130 e. The number of benzene rings is 1. The van der Waals surface area contributed by atoms with Crippen molar-refractivity contribution in [3.63, 3.8) is 0 Å². The van der Waals surface area contributed by atoms with E-state index in [1.807, 2.05) is 35.0 Å². The lowest BCUT2D eigenvalue weighted by atomic mass is 10.1. The predicted octanol–water partition coefficient (Wildman–Crippen LogP) is 2.60. The fourth-order valence-electron chi connectivity index (χ4n) is 2.20. The second-order valence-electron chi connectivity index (χ2n) is 4.55. The van der Waals surface area contributed by atoms with E-state index in [4.69, 9.17) is 10.5 Å². The molecule has 2 N–H and O–H groups in total. The Kier molecular flexibility index (Phi) is 4.58. The minimum absolute atomic E-state index is 0.669. The van der Waals surface area contributed by atoms with Crippen LogP contribution in [0.1, 0.15) is 24.6 Å². The lowest BCUT2D eigenvalue weighted by Crippen LogP contribution is -2.02. The highest BCUT2D eigenvalue weighted by Gasteiger charge is 2.15. The number of para-hydroxylation sites is 1. The molecule has 0 saturated carbocycles. The summed E-state index contributed by atoms with van der Waals surface area (Å²) in [6.45, 7) is 2.82. The van der Waals surface area contributed by atoms with Crippen molar-refractivity contribution in [3.8, 4) is 5.69 Å². The summed E-state index contributed by atoms with van der Waals surface area (Å²) in [4.78, 5) is 0. The molecule has 0 aliphatic rings. The van der Waals surface area contributed by atoms with Crippen LogP contribution in [0.3, 0.4) is 0 Å². The summed E-state index contributed by atoms with van der Waals surface area (Å²) in [6.07, 6.45) is 2.82. The number of methoxy groups -OCH3 is 1. The summed E-state index contributed by atoms with van der Waals surface area (Å²) in [5.41, 5.74) is 9.46. The number of hydrogen-bond donors (Lipinski definition) is 1. The molecule has 102 valence electrons. The molecule has 0 radical (unpaired) electrons. The SMILES string of the molecule is CCCc1c(CCOC)nn(-c2ccccc2)c1N. The number of nitrogens with zero attached hydrogens (tertiary/aromatic N) is 2. The molecule has 4 heteroatoms. The van der Waals surface area contributed by atoms with Crippen molar-refractivity contribution >= 4 is 5.82 Å². The summed E-state index contributed by atoms with van der Waals surface area (Å²) in [5.74, 6) is 0.749. The van der Waals surface area contributed by atoms with Crippen molar-refractivity contribution in [1.29, 1.82) is 0 Å². The predicted molar refractivity (Wildman–Crippen MR) is 77.6 cm³/mol. The van der Waals surface area contributed by atoms with Gasteiger partial charge in [-0.2, -0.15) is 5.10 Å². The van der Waals surface area contributed by atoms with Crippen molar-refractivity contribution < 1.29 is 4.74 Å². The zero-order chi connectivity index (χ0) is 13.7. The first-order valence-corrected chi connectivity index (χ1v) is 6.68. The molecule has 0 fully saturated rings. The van der Waals surface area contributed by atoms with Gasteiger partial charge in [-0.25, -0.2) is 4.68 Å². The molecule has 0 atom stereocenters. The fourth-order valence-corrected chi connectivity index (χ4v) is 2.20. The van der Waals surface area contributed by atoms with Gasteiger partial charge in [0, 0.05) is 19.1 Å². The Hall–Kier alpha value is -1.81. The van der Waals surface area contributed by atoms with Gasteiger partial charge < -0.3 is 10.5 Å². The molecule has 4 nitrogen and oxygen atoms in total. The average molecular weight is 259 g/mol. The number of anilines is 1. The van der Waals surface area contributed by atoms with E-state index < -0.39 is 0 Å². The molecule has 0 amide bonds. The minimum atomic E-state index is 0.669. The minimum Gasteiger partial charge on any atom is -0.384 e. The van der Waals surface area contributed by atoms with Gasteiger partial charge in [-0.15, -0.1) is 0 Å². The third-order valence-electron chi connectivity index (χ3n) is 3.15.